The van der Waals surface area contributed by atoms with E-state index in [0.29, 0.717) is 11.4 Å². The van der Waals surface area contributed by atoms with E-state index < -0.39 is 10.0 Å². The summed E-state index contributed by atoms with van der Waals surface area (Å²) in [5.41, 5.74) is 2.17. The van der Waals surface area contributed by atoms with Crippen molar-refractivity contribution in [2.24, 2.45) is 0 Å². The van der Waals surface area contributed by atoms with Gasteiger partial charge in [-0.3, -0.25) is 9.10 Å². The smallest absolute Gasteiger partial charge is 0.279 e. The largest absolute Gasteiger partial charge is 0.326 e. The molecule has 0 aliphatic carbocycles. The molecule has 1 atom stereocenters. The number of benzene rings is 3. The number of hydrogen-bond acceptors (Lipinski definition) is 3. The molecule has 6 nitrogen and oxygen atoms in total. The Morgan fingerprint density at radius 3 is 2.23 bits per heavy atom. The summed E-state index contributed by atoms with van der Waals surface area (Å²) in [5.74, 6) is -0.172. The zero-order chi connectivity index (χ0) is 21.6. The Balaban J connectivity index is 1.67. The van der Waals surface area contributed by atoms with E-state index in [2.05, 4.69) is 5.32 Å². The molecule has 1 unspecified atom stereocenters. The molecule has 0 aliphatic rings. The van der Waals surface area contributed by atoms with Gasteiger partial charge in [-0.1, -0.05) is 54.6 Å². The number of quaternary nitrogens is 1. The van der Waals surface area contributed by atoms with Gasteiger partial charge in [0.15, 0.2) is 6.54 Å². The van der Waals surface area contributed by atoms with Gasteiger partial charge in [0.1, 0.15) is 6.54 Å². The highest BCUT2D eigenvalue weighted by atomic mass is 32.2. The molecule has 0 aromatic heterocycles. The molecule has 0 fully saturated rings. The van der Waals surface area contributed by atoms with Gasteiger partial charge in [0, 0.05) is 18.3 Å². The van der Waals surface area contributed by atoms with Gasteiger partial charge in [0.2, 0.25) is 0 Å². The van der Waals surface area contributed by atoms with E-state index in [1.807, 2.05) is 43.4 Å². The molecule has 156 valence electrons. The lowest BCUT2D eigenvalue weighted by Gasteiger charge is -2.20. The van der Waals surface area contributed by atoms with Crippen molar-refractivity contribution in [2.75, 3.05) is 30.3 Å². The Morgan fingerprint density at radius 2 is 1.57 bits per heavy atom. The molecule has 3 rings (SSSR count). The van der Waals surface area contributed by atoms with Crippen molar-refractivity contribution in [3.63, 3.8) is 0 Å². The molecule has 0 bridgehead atoms. The van der Waals surface area contributed by atoms with Crippen molar-refractivity contribution in [3.8, 4) is 0 Å². The van der Waals surface area contributed by atoms with Crippen molar-refractivity contribution in [2.45, 2.75) is 11.4 Å². The van der Waals surface area contributed by atoms with Crippen molar-refractivity contribution in [3.05, 3.63) is 90.5 Å². The van der Waals surface area contributed by atoms with Crippen LogP contribution >= 0.6 is 0 Å². The van der Waals surface area contributed by atoms with Crippen molar-refractivity contribution < 1.29 is 18.1 Å². The Kier molecular flexibility index (Phi) is 6.87. The lowest BCUT2D eigenvalue weighted by molar-refractivity contribution is -0.885. The molecule has 3 aromatic carbocycles. The van der Waals surface area contributed by atoms with Gasteiger partial charge in [-0.2, -0.15) is 0 Å². The molecule has 0 spiro atoms. The molecular weight excluding hydrogens is 398 g/mol. The SMILES string of the molecule is CN(c1ccccc1)S(=O)(=O)c1cccc(NC(=O)C[NH+](C)Cc2ccccc2)c1. The number of carbonyl (C=O) groups excluding carboxylic acids is 1. The third-order valence-electron chi connectivity index (χ3n) is 4.71. The standard InChI is InChI=1S/C23H25N3O3S/c1-25(17-19-10-5-3-6-11-19)18-23(27)24-20-12-9-15-22(16-20)30(28,29)26(2)21-13-7-4-8-14-21/h3-16H,17-18H2,1-2H3,(H,24,27)/p+1. The van der Waals surface area contributed by atoms with E-state index in [4.69, 9.17) is 0 Å². The quantitative estimate of drug-likeness (QED) is 0.582. The van der Waals surface area contributed by atoms with Crippen LogP contribution in [0, 0.1) is 0 Å². The van der Waals surface area contributed by atoms with Gasteiger partial charge in [-0.05, 0) is 30.3 Å². The Bertz CT molecular complexity index is 1090. The fourth-order valence-corrected chi connectivity index (χ4v) is 4.40. The molecule has 0 aliphatic heterocycles. The van der Waals surface area contributed by atoms with Crippen LogP contribution in [0.2, 0.25) is 0 Å². The van der Waals surface area contributed by atoms with Gasteiger partial charge in [-0.25, -0.2) is 8.42 Å². The summed E-state index contributed by atoms with van der Waals surface area (Å²) < 4.78 is 27.1. The molecule has 0 heterocycles. The van der Waals surface area contributed by atoms with Crippen molar-refractivity contribution in [1.29, 1.82) is 0 Å². The highest BCUT2D eigenvalue weighted by Gasteiger charge is 2.22. The lowest BCUT2D eigenvalue weighted by Crippen LogP contribution is -3.08. The summed E-state index contributed by atoms with van der Waals surface area (Å²) >= 11 is 0. The normalized spacial score (nSPS) is 12.2. The Labute approximate surface area is 177 Å². The van der Waals surface area contributed by atoms with E-state index in [-0.39, 0.29) is 17.3 Å². The van der Waals surface area contributed by atoms with E-state index in [1.54, 1.807) is 36.4 Å². The summed E-state index contributed by atoms with van der Waals surface area (Å²) in [7, 11) is -0.279. The van der Waals surface area contributed by atoms with Crippen LogP contribution in [0.3, 0.4) is 0 Å². The van der Waals surface area contributed by atoms with Crippen LogP contribution in [-0.4, -0.2) is 35.0 Å². The summed E-state index contributed by atoms with van der Waals surface area (Å²) in [6.45, 7) is 1.00. The molecule has 0 radical (unpaired) electrons. The highest BCUT2D eigenvalue weighted by molar-refractivity contribution is 7.92. The predicted molar refractivity (Wildman–Crippen MR) is 119 cm³/mol. The van der Waals surface area contributed by atoms with Crippen LogP contribution in [0.5, 0.6) is 0 Å². The molecule has 0 saturated heterocycles. The van der Waals surface area contributed by atoms with Gasteiger partial charge in [0.05, 0.1) is 17.6 Å². The minimum Gasteiger partial charge on any atom is -0.326 e. The second-order valence-corrected chi connectivity index (χ2v) is 9.15. The number of hydrogen-bond donors (Lipinski definition) is 2. The minimum atomic E-state index is -3.74. The number of rotatable bonds is 8. The first-order chi connectivity index (χ1) is 14.4. The van der Waals surface area contributed by atoms with Crippen LogP contribution in [0.15, 0.2) is 89.8 Å². The lowest BCUT2D eigenvalue weighted by atomic mass is 10.2. The predicted octanol–water partition coefficient (Wildman–Crippen LogP) is 2.17. The first-order valence-corrected chi connectivity index (χ1v) is 11.1. The maximum atomic E-state index is 13.0. The van der Waals surface area contributed by atoms with Gasteiger partial charge < -0.3 is 10.2 Å². The zero-order valence-corrected chi connectivity index (χ0v) is 17.9. The average Bonchev–Trinajstić information content (AvgIpc) is 2.74. The maximum Gasteiger partial charge on any atom is 0.279 e. The first-order valence-electron chi connectivity index (χ1n) is 9.65. The number of para-hydroxylation sites is 1. The minimum absolute atomic E-state index is 0.122. The van der Waals surface area contributed by atoms with Crippen LogP contribution in [-0.2, 0) is 21.4 Å². The summed E-state index contributed by atoms with van der Waals surface area (Å²) in [4.78, 5) is 13.6. The number of sulfonamides is 1. The highest BCUT2D eigenvalue weighted by Crippen LogP contribution is 2.23. The number of anilines is 2. The van der Waals surface area contributed by atoms with Crippen LogP contribution in [0.25, 0.3) is 0 Å². The average molecular weight is 425 g/mol. The molecule has 0 saturated carbocycles. The second-order valence-electron chi connectivity index (χ2n) is 7.18. The number of nitrogens with zero attached hydrogens (tertiary/aromatic N) is 1. The van der Waals surface area contributed by atoms with E-state index >= 15 is 0 Å². The van der Waals surface area contributed by atoms with Gasteiger partial charge in [0.25, 0.3) is 15.9 Å². The monoisotopic (exact) mass is 424 g/mol. The number of nitrogens with one attached hydrogen (secondary N) is 2. The second kappa shape index (κ2) is 9.56. The van der Waals surface area contributed by atoms with Crippen LogP contribution < -0.4 is 14.5 Å². The summed E-state index contributed by atoms with van der Waals surface area (Å²) in [6, 6.07) is 25.1. The summed E-state index contributed by atoms with van der Waals surface area (Å²) in [6.07, 6.45) is 0. The molecule has 30 heavy (non-hydrogen) atoms. The van der Waals surface area contributed by atoms with Crippen LogP contribution in [0.4, 0.5) is 11.4 Å². The van der Waals surface area contributed by atoms with Gasteiger partial charge >= 0.3 is 0 Å². The first kappa shape index (κ1) is 21.5. The molecule has 3 aromatic rings. The van der Waals surface area contributed by atoms with E-state index in [1.165, 1.54) is 23.5 Å². The summed E-state index contributed by atoms with van der Waals surface area (Å²) in [5, 5.41) is 2.81. The third kappa shape index (κ3) is 5.46. The van der Waals surface area contributed by atoms with Gasteiger partial charge in [-0.15, -0.1) is 0 Å². The molecule has 2 N–H and O–H groups in total. The molecule has 7 heteroatoms. The number of carbonyl (C=O) groups is 1. The topological polar surface area (TPSA) is 70.9 Å². The Morgan fingerprint density at radius 1 is 0.933 bits per heavy atom. The number of amides is 1. The fourth-order valence-electron chi connectivity index (χ4n) is 3.16. The number of likely N-dealkylation sites (N-methyl/N-ethyl adjacent to an activating group) is 1. The zero-order valence-electron chi connectivity index (χ0n) is 17.1. The van der Waals surface area contributed by atoms with Crippen molar-refractivity contribution >= 4 is 27.3 Å². The third-order valence-corrected chi connectivity index (χ3v) is 6.49. The van der Waals surface area contributed by atoms with Crippen molar-refractivity contribution in [1.82, 2.24) is 0 Å². The van der Waals surface area contributed by atoms with Crippen LogP contribution in [0.1, 0.15) is 5.56 Å². The Hall–Kier alpha value is -3.16. The maximum absolute atomic E-state index is 13.0. The molecular formula is C23H26N3O3S+. The fraction of sp³-hybridized carbons (Fsp3) is 0.174. The van der Waals surface area contributed by atoms with E-state index in [9.17, 15) is 13.2 Å². The molecule has 1 amide bonds. The van der Waals surface area contributed by atoms with E-state index in [0.717, 1.165) is 17.0 Å².